The van der Waals surface area contributed by atoms with Gasteiger partial charge < -0.3 is 15.5 Å². The fourth-order valence-electron chi connectivity index (χ4n) is 1.58. The average Bonchev–Trinajstić information content (AvgIpc) is 2.27. The van der Waals surface area contributed by atoms with Gasteiger partial charge >= 0.3 is 0 Å². The van der Waals surface area contributed by atoms with Crippen molar-refractivity contribution in [1.29, 1.82) is 0 Å². The van der Waals surface area contributed by atoms with Gasteiger partial charge in [-0.05, 0) is 12.1 Å². The quantitative estimate of drug-likeness (QED) is 0.663. The van der Waals surface area contributed by atoms with Crippen LogP contribution >= 0.6 is 0 Å². The first kappa shape index (κ1) is 15.5. The largest absolute Gasteiger partial charge is 0.395 e. The minimum atomic E-state index is -0.780. The molecule has 0 saturated heterocycles. The number of carbonyl (C=O) groups excluding carboxylic acids is 1. The summed E-state index contributed by atoms with van der Waals surface area (Å²) in [4.78, 5) is 13.2. The molecule has 0 saturated carbocycles. The zero-order valence-corrected chi connectivity index (χ0v) is 10.3. The molecule has 1 aromatic carbocycles. The van der Waals surface area contributed by atoms with Crippen LogP contribution in [0.2, 0.25) is 0 Å². The number of nitrogens with one attached hydrogen (secondary N) is 1. The van der Waals surface area contributed by atoms with Crippen LogP contribution in [0.15, 0.2) is 18.2 Å². The number of benzene rings is 1. The summed E-state index contributed by atoms with van der Waals surface area (Å²) < 4.78 is 25.8. The molecule has 0 atom stereocenters. The maximum absolute atomic E-state index is 12.9. The molecule has 7 heteroatoms. The minimum absolute atomic E-state index is 0.0236. The van der Waals surface area contributed by atoms with Gasteiger partial charge in [0.15, 0.2) is 0 Å². The molecule has 0 bridgehead atoms. The number of hydrogen-bond acceptors (Lipinski definition) is 4. The zero-order valence-electron chi connectivity index (χ0n) is 10.3. The van der Waals surface area contributed by atoms with Crippen molar-refractivity contribution in [2.45, 2.75) is 0 Å². The lowest BCUT2D eigenvalue weighted by Gasteiger charge is -2.19. The lowest BCUT2D eigenvalue weighted by molar-refractivity contribution is -0.117. The Labute approximate surface area is 109 Å². The van der Waals surface area contributed by atoms with Gasteiger partial charge in [0.05, 0.1) is 19.8 Å². The van der Waals surface area contributed by atoms with Crippen molar-refractivity contribution in [2.24, 2.45) is 0 Å². The second-order valence-electron chi connectivity index (χ2n) is 3.93. The van der Waals surface area contributed by atoms with Crippen molar-refractivity contribution in [2.75, 3.05) is 38.2 Å². The number of hydrogen-bond donors (Lipinski definition) is 3. The van der Waals surface area contributed by atoms with E-state index in [4.69, 9.17) is 10.2 Å². The molecule has 0 aliphatic rings. The molecule has 1 rings (SSSR count). The summed E-state index contributed by atoms with van der Waals surface area (Å²) in [5.41, 5.74) is 0.0236. The molecule has 0 aliphatic carbocycles. The van der Waals surface area contributed by atoms with Crippen LogP contribution in [0.4, 0.5) is 14.5 Å². The van der Waals surface area contributed by atoms with Crippen LogP contribution in [0.3, 0.4) is 0 Å². The van der Waals surface area contributed by atoms with E-state index in [0.717, 1.165) is 12.1 Å². The highest BCUT2D eigenvalue weighted by Gasteiger charge is 2.11. The standard InChI is InChI=1S/C12H16F2N2O3/c13-9-5-10(14)7-11(6-9)15-12(19)8-16(1-3-17)2-4-18/h5-7,17-18H,1-4,8H2,(H,15,19). The highest BCUT2D eigenvalue weighted by molar-refractivity contribution is 5.92. The van der Waals surface area contributed by atoms with Gasteiger partial charge in [0.1, 0.15) is 11.6 Å². The first-order valence-corrected chi connectivity index (χ1v) is 5.75. The number of nitrogens with zero attached hydrogens (tertiary/aromatic N) is 1. The Morgan fingerprint density at radius 3 is 2.11 bits per heavy atom. The summed E-state index contributed by atoms with van der Waals surface area (Å²) in [7, 11) is 0. The van der Waals surface area contributed by atoms with Crippen LogP contribution < -0.4 is 5.32 Å². The van der Waals surface area contributed by atoms with Crippen molar-refractivity contribution < 1.29 is 23.8 Å². The topological polar surface area (TPSA) is 72.8 Å². The lowest BCUT2D eigenvalue weighted by Crippen LogP contribution is -2.37. The van der Waals surface area contributed by atoms with Gasteiger partial charge in [-0.1, -0.05) is 0 Å². The van der Waals surface area contributed by atoms with E-state index in [1.165, 1.54) is 4.90 Å². The normalized spacial score (nSPS) is 10.8. The van der Waals surface area contributed by atoms with E-state index >= 15 is 0 Å². The molecule has 106 valence electrons. The van der Waals surface area contributed by atoms with E-state index in [9.17, 15) is 13.6 Å². The van der Waals surface area contributed by atoms with Crippen molar-refractivity contribution in [3.8, 4) is 0 Å². The Balaban J connectivity index is 2.58. The van der Waals surface area contributed by atoms with Crippen LogP contribution in [0, 0.1) is 11.6 Å². The first-order chi connectivity index (χ1) is 9.05. The fraction of sp³-hybridized carbons (Fsp3) is 0.417. The maximum atomic E-state index is 12.9. The second-order valence-corrected chi connectivity index (χ2v) is 3.93. The summed E-state index contributed by atoms with van der Waals surface area (Å²) in [6, 6.07) is 2.71. The molecule has 3 N–H and O–H groups in total. The smallest absolute Gasteiger partial charge is 0.238 e. The van der Waals surface area contributed by atoms with Gasteiger partial charge in [-0.2, -0.15) is 0 Å². The Morgan fingerprint density at radius 1 is 1.11 bits per heavy atom. The molecule has 1 aromatic rings. The summed E-state index contributed by atoms with van der Waals surface area (Å²) in [6.07, 6.45) is 0. The van der Waals surface area contributed by atoms with Crippen molar-refractivity contribution in [3.63, 3.8) is 0 Å². The molecule has 5 nitrogen and oxygen atoms in total. The van der Waals surface area contributed by atoms with Gasteiger partial charge in [0, 0.05) is 24.8 Å². The predicted octanol–water partition coefficient (Wildman–Crippen LogP) is 0.190. The maximum Gasteiger partial charge on any atom is 0.238 e. The van der Waals surface area contributed by atoms with Crippen molar-refractivity contribution in [1.82, 2.24) is 4.90 Å². The molecule has 0 aromatic heterocycles. The number of halogens is 2. The molecule has 0 heterocycles. The van der Waals surface area contributed by atoms with Crippen LogP contribution in [0.1, 0.15) is 0 Å². The summed E-state index contributed by atoms with van der Waals surface area (Å²) in [5.74, 6) is -2.04. The van der Waals surface area contributed by atoms with Crippen molar-refractivity contribution in [3.05, 3.63) is 29.8 Å². The van der Waals surface area contributed by atoms with Gasteiger partial charge in [-0.25, -0.2) is 8.78 Å². The third-order valence-corrected chi connectivity index (χ3v) is 2.35. The molecule has 0 aliphatic heterocycles. The fourth-order valence-corrected chi connectivity index (χ4v) is 1.58. The molecule has 1 amide bonds. The molecular formula is C12H16F2N2O3. The Bertz CT molecular complexity index is 403. The average molecular weight is 274 g/mol. The van der Waals surface area contributed by atoms with E-state index in [-0.39, 0.29) is 38.5 Å². The number of anilines is 1. The zero-order chi connectivity index (χ0) is 14.3. The third-order valence-electron chi connectivity index (χ3n) is 2.35. The van der Waals surface area contributed by atoms with Crippen molar-refractivity contribution >= 4 is 11.6 Å². The first-order valence-electron chi connectivity index (χ1n) is 5.75. The van der Waals surface area contributed by atoms with Gasteiger partial charge in [-0.15, -0.1) is 0 Å². The minimum Gasteiger partial charge on any atom is -0.395 e. The van der Waals surface area contributed by atoms with E-state index in [2.05, 4.69) is 5.32 Å². The monoisotopic (exact) mass is 274 g/mol. The SMILES string of the molecule is O=C(CN(CCO)CCO)Nc1cc(F)cc(F)c1. The lowest BCUT2D eigenvalue weighted by atomic mass is 10.3. The molecule has 0 fully saturated rings. The summed E-state index contributed by atoms with van der Waals surface area (Å²) in [6.45, 7) is 0.0694. The number of rotatable bonds is 7. The van der Waals surface area contributed by atoms with E-state index in [0.29, 0.717) is 6.07 Å². The van der Waals surface area contributed by atoms with Crippen LogP contribution in [-0.2, 0) is 4.79 Å². The molecule has 0 unspecified atom stereocenters. The predicted molar refractivity (Wildman–Crippen MR) is 65.6 cm³/mol. The number of aliphatic hydroxyl groups excluding tert-OH is 2. The number of aliphatic hydroxyl groups is 2. The van der Waals surface area contributed by atoms with E-state index in [1.807, 2.05) is 0 Å². The Hall–Kier alpha value is -1.57. The number of carbonyl (C=O) groups is 1. The molecular weight excluding hydrogens is 258 g/mol. The van der Waals surface area contributed by atoms with Crippen LogP contribution in [0.25, 0.3) is 0 Å². The van der Waals surface area contributed by atoms with Gasteiger partial charge in [0.2, 0.25) is 5.91 Å². The highest BCUT2D eigenvalue weighted by Crippen LogP contribution is 2.12. The summed E-state index contributed by atoms with van der Waals surface area (Å²) >= 11 is 0. The van der Waals surface area contributed by atoms with Crippen LogP contribution in [-0.4, -0.2) is 53.9 Å². The second kappa shape index (κ2) is 7.78. The van der Waals surface area contributed by atoms with Gasteiger partial charge in [0.25, 0.3) is 0 Å². The Morgan fingerprint density at radius 2 is 1.63 bits per heavy atom. The van der Waals surface area contributed by atoms with E-state index in [1.54, 1.807) is 0 Å². The molecule has 0 spiro atoms. The molecule has 0 radical (unpaired) electrons. The Kier molecular flexibility index (Phi) is 6.34. The van der Waals surface area contributed by atoms with Crippen LogP contribution in [0.5, 0.6) is 0 Å². The highest BCUT2D eigenvalue weighted by atomic mass is 19.1. The molecule has 19 heavy (non-hydrogen) atoms. The number of amides is 1. The van der Waals surface area contributed by atoms with Gasteiger partial charge in [-0.3, -0.25) is 9.69 Å². The van der Waals surface area contributed by atoms with E-state index < -0.39 is 17.5 Å². The third kappa shape index (κ3) is 5.73. The summed E-state index contributed by atoms with van der Waals surface area (Å²) in [5, 5.41) is 19.9.